The molecule has 12 heteroatoms. The molecule has 1 heterocycles. The van der Waals surface area contributed by atoms with Gasteiger partial charge in [0.25, 0.3) is 11.6 Å². The average Bonchev–Trinajstić information content (AvgIpc) is 2.50. The van der Waals surface area contributed by atoms with Crippen molar-refractivity contribution in [3.63, 3.8) is 0 Å². The van der Waals surface area contributed by atoms with E-state index in [1.54, 1.807) is 0 Å². The number of alkyl halides is 3. The molecule has 0 unspecified atom stereocenters. The molecule has 0 radical (unpaired) electrons. The van der Waals surface area contributed by atoms with Crippen LogP contribution in [0.4, 0.5) is 18.9 Å². The lowest BCUT2D eigenvalue weighted by Crippen LogP contribution is -2.44. The molecule has 1 aliphatic heterocycles. The van der Waals surface area contributed by atoms with Gasteiger partial charge in [0, 0.05) is 13.1 Å². The van der Waals surface area contributed by atoms with Gasteiger partial charge in [0.05, 0.1) is 11.0 Å². The fraction of sp³-hybridized carbons (Fsp3) is 0.333. The van der Waals surface area contributed by atoms with E-state index >= 15 is 0 Å². The quantitative estimate of drug-likeness (QED) is 0.442. The molecule has 1 aromatic rings. The number of likely N-dealkylation sites (N-methyl/N-ethyl adjacent to an activating group) is 1. The zero-order valence-corrected chi connectivity index (χ0v) is 14.2. The van der Waals surface area contributed by atoms with Crippen LogP contribution in [-0.2, 0) is 14.4 Å². The number of benzene rings is 1. The Bertz CT molecular complexity index is 833. The number of carbonyl (C=O) groups excluding carboxylic acids is 2. The standard InChI is InChI=1S/C15H13F3N2O7/c1-14(2)11(7-12(21)19(3)27-14)25-13(22)9-5-4-8(26-15(16,17)18)6-10(9)20(23)24/h4-7H,1-3H3. The lowest BCUT2D eigenvalue weighted by atomic mass is 10.1. The van der Waals surface area contributed by atoms with E-state index in [0.717, 1.165) is 23.3 Å². The van der Waals surface area contributed by atoms with Gasteiger partial charge in [0.15, 0.2) is 0 Å². The van der Waals surface area contributed by atoms with Crippen LogP contribution in [0.15, 0.2) is 30.0 Å². The van der Waals surface area contributed by atoms with Gasteiger partial charge in [-0.1, -0.05) is 0 Å². The van der Waals surface area contributed by atoms with Crippen LogP contribution in [0.25, 0.3) is 0 Å². The summed E-state index contributed by atoms with van der Waals surface area (Å²) in [7, 11) is 1.34. The number of hydrogen-bond acceptors (Lipinski definition) is 7. The molecule has 9 nitrogen and oxygen atoms in total. The van der Waals surface area contributed by atoms with E-state index in [9.17, 15) is 32.9 Å². The van der Waals surface area contributed by atoms with Crippen molar-refractivity contribution in [3.8, 4) is 5.75 Å². The van der Waals surface area contributed by atoms with Crippen molar-refractivity contribution in [2.45, 2.75) is 25.8 Å². The number of rotatable bonds is 4. The monoisotopic (exact) mass is 390 g/mol. The Morgan fingerprint density at radius 3 is 2.52 bits per heavy atom. The first-order valence-corrected chi connectivity index (χ1v) is 7.25. The van der Waals surface area contributed by atoms with E-state index in [0.29, 0.717) is 6.07 Å². The molecule has 0 bridgehead atoms. The molecule has 0 fully saturated rings. The number of nitro benzene ring substituents is 1. The third-order valence-electron chi connectivity index (χ3n) is 3.35. The second-order valence-electron chi connectivity index (χ2n) is 5.82. The highest BCUT2D eigenvalue weighted by Gasteiger charge is 2.38. The van der Waals surface area contributed by atoms with Crippen LogP contribution in [0, 0.1) is 10.1 Å². The highest BCUT2D eigenvalue weighted by Crippen LogP contribution is 2.32. The number of halogens is 3. The molecule has 0 spiro atoms. The third-order valence-corrected chi connectivity index (χ3v) is 3.35. The number of ether oxygens (including phenoxy) is 2. The molecule has 27 heavy (non-hydrogen) atoms. The van der Waals surface area contributed by atoms with Gasteiger partial charge in [0.2, 0.25) is 0 Å². The Hall–Kier alpha value is -3.15. The lowest BCUT2D eigenvalue weighted by molar-refractivity contribution is -0.385. The molecule has 2 rings (SSSR count). The van der Waals surface area contributed by atoms with Crippen LogP contribution < -0.4 is 4.74 Å². The summed E-state index contributed by atoms with van der Waals surface area (Å²) in [6.45, 7) is 2.95. The first-order chi connectivity index (χ1) is 12.3. The third kappa shape index (κ3) is 4.73. The smallest absolute Gasteiger partial charge is 0.424 e. The SMILES string of the molecule is CN1OC(C)(C)C(OC(=O)c2ccc(OC(F)(F)F)cc2[N+](=O)[O-])=CC1=O. The Kier molecular flexibility index (Phi) is 5.13. The normalized spacial score (nSPS) is 16.6. The number of nitro groups is 1. The summed E-state index contributed by atoms with van der Waals surface area (Å²) in [6, 6.07) is 1.93. The van der Waals surface area contributed by atoms with Gasteiger partial charge in [-0.2, -0.15) is 0 Å². The van der Waals surface area contributed by atoms with Crippen LogP contribution in [0.2, 0.25) is 0 Å². The molecule has 1 aromatic carbocycles. The van der Waals surface area contributed by atoms with Crippen molar-refractivity contribution >= 4 is 17.6 Å². The van der Waals surface area contributed by atoms with Gasteiger partial charge in [0.1, 0.15) is 22.7 Å². The second kappa shape index (κ2) is 6.87. The van der Waals surface area contributed by atoms with Crippen molar-refractivity contribution < 1.29 is 42.0 Å². The van der Waals surface area contributed by atoms with E-state index in [1.807, 2.05) is 0 Å². The van der Waals surface area contributed by atoms with Crippen LogP contribution in [0.3, 0.4) is 0 Å². The molecular formula is C15H13F3N2O7. The van der Waals surface area contributed by atoms with Crippen molar-refractivity contribution in [3.05, 3.63) is 45.7 Å². The molecule has 0 saturated carbocycles. The Balaban J connectivity index is 2.34. The summed E-state index contributed by atoms with van der Waals surface area (Å²) < 4.78 is 45.4. The van der Waals surface area contributed by atoms with Gasteiger partial charge in [-0.15, -0.1) is 13.2 Å². The first-order valence-electron chi connectivity index (χ1n) is 7.25. The largest absolute Gasteiger partial charge is 0.573 e. The van der Waals surface area contributed by atoms with Crippen LogP contribution >= 0.6 is 0 Å². The predicted molar refractivity (Wildman–Crippen MR) is 81.2 cm³/mol. The van der Waals surface area contributed by atoms with E-state index in [1.165, 1.54) is 20.9 Å². The molecule has 0 N–H and O–H groups in total. The molecule has 1 amide bonds. The van der Waals surface area contributed by atoms with Crippen LogP contribution in [0.5, 0.6) is 5.75 Å². The molecule has 146 valence electrons. The number of hydroxylamine groups is 2. The second-order valence-corrected chi connectivity index (χ2v) is 5.82. The highest BCUT2D eigenvalue weighted by atomic mass is 19.4. The summed E-state index contributed by atoms with van der Waals surface area (Å²) >= 11 is 0. The number of carbonyl (C=O) groups is 2. The highest BCUT2D eigenvalue weighted by molar-refractivity contribution is 5.96. The van der Waals surface area contributed by atoms with Crippen molar-refractivity contribution in [2.24, 2.45) is 0 Å². The zero-order valence-electron chi connectivity index (χ0n) is 14.2. The van der Waals surface area contributed by atoms with E-state index in [2.05, 4.69) is 4.74 Å². The van der Waals surface area contributed by atoms with Crippen molar-refractivity contribution in [1.82, 2.24) is 5.06 Å². The van der Waals surface area contributed by atoms with Crippen molar-refractivity contribution in [1.29, 1.82) is 0 Å². The summed E-state index contributed by atoms with van der Waals surface area (Å²) in [4.78, 5) is 39.3. The summed E-state index contributed by atoms with van der Waals surface area (Å²) in [5.41, 5.74) is -2.83. The fourth-order valence-electron chi connectivity index (χ4n) is 2.15. The Labute approximate surface area is 150 Å². The van der Waals surface area contributed by atoms with Crippen LogP contribution in [-0.4, -0.2) is 40.9 Å². The fourth-order valence-corrected chi connectivity index (χ4v) is 2.15. The number of hydrogen-bond donors (Lipinski definition) is 0. The minimum atomic E-state index is -5.06. The predicted octanol–water partition coefficient (Wildman–Crippen LogP) is 2.72. The lowest BCUT2D eigenvalue weighted by Gasteiger charge is -2.34. The van der Waals surface area contributed by atoms with Crippen LogP contribution in [0.1, 0.15) is 24.2 Å². The van der Waals surface area contributed by atoms with Gasteiger partial charge >= 0.3 is 12.3 Å². The van der Waals surface area contributed by atoms with Gasteiger partial charge in [-0.05, 0) is 26.0 Å². The van der Waals surface area contributed by atoms with Gasteiger partial charge in [-0.3, -0.25) is 19.7 Å². The maximum atomic E-state index is 12.3. The summed E-state index contributed by atoms with van der Waals surface area (Å²) in [5, 5.41) is 12.0. The summed E-state index contributed by atoms with van der Waals surface area (Å²) in [6.07, 6.45) is -4.09. The van der Waals surface area contributed by atoms with E-state index < -0.39 is 45.8 Å². The Morgan fingerprint density at radius 2 is 1.96 bits per heavy atom. The minimum Gasteiger partial charge on any atom is -0.424 e. The summed E-state index contributed by atoms with van der Waals surface area (Å²) in [5.74, 6) is -2.98. The molecule has 0 aromatic heterocycles. The van der Waals surface area contributed by atoms with Crippen molar-refractivity contribution in [2.75, 3.05) is 7.05 Å². The number of esters is 1. The maximum absolute atomic E-state index is 12.3. The molecule has 1 aliphatic rings. The minimum absolute atomic E-state index is 0.222. The molecule has 0 atom stereocenters. The van der Waals surface area contributed by atoms with E-state index in [-0.39, 0.29) is 5.76 Å². The number of nitrogens with zero attached hydrogens (tertiary/aromatic N) is 2. The average molecular weight is 390 g/mol. The Morgan fingerprint density at radius 1 is 1.33 bits per heavy atom. The maximum Gasteiger partial charge on any atom is 0.573 e. The zero-order chi connectivity index (χ0) is 20.6. The first kappa shape index (κ1) is 20.2. The molecule has 0 aliphatic carbocycles. The molecular weight excluding hydrogens is 377 g/mol. The van der Waals surface area contributed by atoms with E-state index in [4.69, 9.17) is 9.57 Å². The molecule has 0 saturated heterocycles. The number of amides is 1. The van der Waals surface area contributed by atoms with Gasteiger partial charge in [-0.25, -0.2) is 9.86 Å². The van der Waals surface area contributed by atoms with Gasteiger partial charge < -0.3 is 9.47 Å². The topological polar surface area (TPSA) is 108 Å².